The van der Waals surface area contributed by atoms with Gasteiger partial charge in [0.2, 0.25) is 5.91 Å². The number of hydrogen-bond donors (Lipinski definition) is 3. The topological polar surface area (TPSA) is 70.6 Å². The molecule has 138 valence electrons. The Morgan fingerprint density at radius 3 is 2.68 bits per heavy atom. The lowest BCUT2D eigenvalue weighted by Crippen LogP contribution is -2.41. The summed E-state index contributed by atoms with van der Waals surface area (Å²) in [6, 6.07) is 4.27. The fraction of sp³-hybridized carbons (Fsp3) is 0.611. The van der Waals surface area contributed by atoms with Crippen LogP contribution in [0, 0.1) is 17.6 Å². The molecule has 0 saturated carbocycles. The fourth-order valence-corrected chi connectivity index (χ4v) is 3.73. The summed E-state index contributed by atoms with van der Waals surface area (Å²) in [5, 5.41) is 16.1. The number of carbonyl (C=O) groups is 1. The maximum atomic E-state index is 13.1. The van der Waals surface area contributed by atoms with Gasteiger partial charge in [-0.3, -0.25) is 4.79 Å². The molecule has 3 unspecified atom stereocenters. The second-order valence-corrected chi connectivity index (χ2v) is 7.02. The number of aliphatic hydroxyl groups excluding tert-OH is 1. The van der Waals surface area contributed by atoms with E-state index in [0.717, 1.165) is 25.0 Å². The number of carbonyl (C=O) groups excluding carboxylic acids is 1. The van der Waals surface area contributed by atoms with Gasteiger partial charge in [-0.05, 0) is 43.7 Å². The molecule has 1 amide bonds. The van der Waals surface area contributed by atoms with Gasteiger partial charge in [0.15, 0.2) is 11.6 Å². The standard InChI is InChI=1S/C18H24F2N2O3/c19-16-4-3-15(8-17(16)20)25-10-14(23)9-21-18(24)7-11-5-12-1-2-13(6-11)22-12/h3-4,8,11-14,22-23H,1-2,5-7,9-10H2,(H,21,24). The quantitative estimate of drug-likeness (QED) is 0.698. The Morgan fingerprint density at radius 2 is 2.00 bits per heavy atom. The Balaban J connectivity index is 1.34. The van der Waals surface area contributed by atoms with Gasteiger partial charge in [0.05, 0.1) is 0 Å². The lowest BCUT2D eigenvalue weighted by molar-refractivity contribution is -0.122. The first kappa shape index (κ1) is 18.1. The van der Waals surface area contributed by atoms with Crippen LogP contribution < -0.4 is 15.4 Å². The SMILES string of the molecule is O=C(CC1CC2CCC(C1)N2)NCC(O)COc1ccc(F)c(F)c1. The normalized spacial score (nSPS) is 26.3. The van der Waals surface area contributed by atoms with E-state index in [4.69, 9.17) is 4.74 Å². The zero-order chi connectivity index (χ0) is 17.8. The lowest BCUT2D eigenvalue weighted by Gasteiger charge is -2.28. The zero-order valence-electron chi connectivity index (χ0n) is 14.0. The Hall–Kier alpha value is -1.73. The molecular formula is C18H24F2N2O3. The highest BCUT2D eigenvalue weighted by molar-refractivity contribution is 5.76. The van der Waals surface area contributed by atoms with Crippen LogP contribution in [0.5, 0.6) is 5.75 Å². The van der Waals surface area contributed by atoms with Crippen LogP contribution in [-0.2, 0) is 4.79 Å². The summed E-state index contributed by atoms with van der Waals surface area (Å²) in [5.74, 6) is -1.50. The van der Waals surface area contributed by atoms with Crippen molar-refractivity contribution in [1.82, 2.24) is 10.6 Å². The molecule has 2 aliphatic heterocycles. The van der Waals surface area contributed by atoms with Crippen LogP contribution in [0.2, 0.25) is 0 Å². The van der Waals surface area contributed by atoms with Crippen molar-refractivity contribution in [3.05, 3.63) is 29.8 Å². The first-order valence-corrected chi connectivity index (χ1v) is 8.78. The van der Waals surface area contributed by atoms with Crippen molar-refractivity contribution in [2.24, 2.45) is 5.92 Å². The highest BCUT2D eigenvalue weighted by Gasteiger charge is 2.34. The molecule has 3 atom stereocenters. The molecule has 3 rings (SSSR count). The largest absolute Gasteiger partial charge is 0.491 e. The summed E-state index contributed by atoms with van der Waals surface area (Å²) in [6.07, 6.45) is 4.02. The van der Waals surface area contributed by atoms with Gasteiger partial charge in [0.25, 0.3) is 0 Å². The van der Waals surface area contributed by atoms with Crippen molar-refractivity contribution in [1.29, 1.82) is 0 Å². The third-order valence-corrected chi connectivity index (χ3v) is 4.91. The minimum atomic E-state index is -1.00. The molecule has 2 bridgehead atoms. The number of rotatable bonds is 7. The molecule has 2 aliphatic rings. The fourth-order valence-electron chi connectivity index (χ4n) is 3.73. The highest BCUT2D eigenvalue weighted by atomic mass is 19.2. The van der Waals surface area contributed by atoms with E-state index in [1.165, 1.54) is 18.9 Å². The van der Waals surface area contributed by atoms with Gasteiger partial charge in [0.1, 0.15) is 18.5 Å². The van der Waals surface area contributed by atoms with E-state index < -0.39 is 17.7 Å². The molecule has 0 spiro atoms. The van der Waals surface area contributed by atoms with Crippen molar-refractivity contribution in [2.75, 3.05) is 13.2 Å². The van der Waals surface area contributed by atoms with Crippen LogP contribution in [0.1, 0.15) is 32.1 Å². The van der Waals surface area contributed by atoms with Crippen LogP contribution in [-0.4, -0.2) is 42.4 Å². The van der Waals surface area contributed by atoms with Gasteiger partial charge in [-0.1, -0.05) is 0 Å². The second kappa shape index (κ2) is 8.10. The van der Waals surface area contributed by atoms with Crippen molar-refractivity contribution in [2.45, 2.75) is 50.3 Å². The number of nitrogens with one attached hydrogen (secondary N) is 2. The summed E-state index contributed by atoms with van der Waals surface area (Å²) >= 11 is 0. The van der Waals surface area contributed by atoms with Gasteiger partial charge in [-0.15, -0.1) is 0 Å². The van der Waals surface area contributed by atoms with Gasteiger partial charge in [0, 0.05) is 31.1 Å². The first-order chi connectivity index (χ1) is 12.0. The molecule has 2 heterocycles. The molecule has 0 aromatic heterocycles. The lowest BCUT2D eigenvalue weighted by atomic mass is 9.89. The molecule has 0 radical (unpaired) electrons. The molecule has 3 N–H and O–H groups in total. The number of fused-ring (bicyclic) bond motifs is 2. The number of hydrogen-bond acceptors (Lipinski definition) is 4. The Labute approximate surface area is 145 Å². The Bertz CT molecular complexity index is 602. The molecule has 7 heteroatoms. The van der Waals surface area contributed by atoms with Gasteiger partial charge in [-0.2, -0.15) is 0 Å². The predicted molar refractivity (Wildman–Crippen MR) is 88.2 cm³/mol. The number of piperidine rings is 1. The Morgan fingerprint density at radius 1 is 1.28 bits per heavy atom. The average Bonchev–Trinajstić information content (AvgIpc) is 2.92. The van der Waals surface area contributed by atoms with E-state index in [0.29, 0.717) is 24.4 Å². The van der Waals surface area contributed by atoms with E-state index in [9.17, 15) is 18.7 Å². The van der Waals surface area contributed by atoms with Crippen LogP contribution >= 0.6 is 0 Å². The van der Waals surface area contributed by atoms with E-state index in [-0.39, 0.29) is 24.8 Å². The zero-order valence-corrected chi connectivity index (χ0v) is 14.0. The van der Waals surface area contributed by atoms with Crippen LogP contribution in [0.4, 0.5) is 8.78 Å². The molecule has 2 fully saturated rings. The van der Waals surface area contributed by atoms with E-state index in [1.54, 1.807) is 0 Å². The smallest absolute Gasteiger partial charge is 0.220 e. The molecule has 2 saturated heterocycles. The molecule has 1 aromatic carbocycles. The van der Waals surface area contributed by atoms with Crippen molar-refractivity contribution in [3.63, 3.8) is 0 Å². The summed E-state index contributed by atoms with van der Waals surface area (Å²) in [7, 11) is 0. The summed E-state index contributed by atoms with van der Waals surface area (Å²) in [4.78, 5) is 12.0. The molecule has 1 aromatic rings. The monoisotopic (exact) mass is 354 g/mol. The maximum absolute atomic E-state index is 13.1. The second-order valence-electron chi connectivity index (χ2n) is 7.02. The van der Waals surface area contributed by atoms with E-state index >= 15 is 0 Å². The predicted octanol–water partition coefficient (Wildman–Crippen LogP) is 1.74. The third kappa shape index (κ3) is 5.12. The minimum Gasteiger partial charge on any atom is -0.491 e. The number of ether oxygens (including phenoxy) is 1. The Kier molecular flexibility index (Phi) is 5.86. The molecule has 25 heavy (non-hydrogen) atoms. The summed E-state index contributed by atoms with van der Waals surface area (Å²) < 4.78 is 31.1. The first-order valence-electron chi connectivity index (χ1n) is 8.78. The van der Waals surface area contributed by atoms with Crippen LogP contribution in [0.3, 0.4) is 0 Å². The van der Waals surface area contributed by atoms with E-state index in [1.807, 2.05) is 0 Å². The van der Waals surface area contributed by atoms with Crippen molar-refractivity contribution in [3.8, 4) is 5.75 Å². The number of benzene rings is 1. The third-order valence-electron chi connectivity index (χ3n) is 4.91. The summed E-state index contributed by atoms with van der Waals surface area (Å²) in [6.45, 7) is -0.0385. The average molecular weight is 354 g/mol. The number of halogens is 2. The van der Waals surface area contributed by atoms with Gasteiger partial charge in [-0.25, -0.2) is 8.78 Å². The number of amides is 1. The van der Waals surface area contributed by atoms with Crippen molar-refractivity contribution >= 4 is 5.91 Å². The van der Waals surface area contributed by atoms with Crippen LogP contribution in [0.15, 0.2) is 18.2 Å². The molecule has 0 aliphatic carbocycles. The van der Waals surface area contributed by atoms with Gasteiger partial charge >= 0.3 is 0 Å². The minimum absolute atomic E-state index is 0.0698. The van der Waals surface area contributed by atoms with E-state index in [2.05, 4.69) is 10.6 Å². The number of aliphatic hydroxyl groups is 1. The van der Waals surface area contributed by atoms with Crippen molar-refractivity contribution < 1.29 is 23.4 Å². The summed E-state index contributed by atoms with van der Waals surface area (Å²) in [5.41, 5.74) is 0. The highest BCUT2D eigenvalue weighted by Crippen LogP contribution is 2.32. The van der Waals surface area contributed by atoms with Crippen LogP contribution in [0.25, 0.3) is 0 Å². The van der Waals surface area contributed by atoms with Gasteiger partial charge < -0.3 is 20.5 Å². The maximum Gasteiger partial charge on any atom is 0.220 e. The molecule has 5 nitrogen and oxygen atoms in total. The molecular weight excluding hydrogens is 330 g/mol.